The number of piperidine rings is 1. The van der Waals surface area contributed by atoms with E-state index in [4.69, 9.17) is 15.2 Å². The number of amides is 1. The molecular weight excluding hydrogens is 444 g/mol. The molecule has 1 aliphatic rings. The van der Waals surface area contributed by atoms with E-state index >= 15 is 0 Å². The number of aromatic nitrogens is 2. The number of rotatable bonds is 7. The molecule has 1 saturated heterocycles. The second kappa shape index (κ2) is 10.5. The van der Waals surface area contributed by atoms with Crippen molar-refractivity contribution in [2.45, 2.75) is 33.1 Å². The summed E-state index contributed by atoms with van der Waals surface area (Å²) in [7, 11) is 1.67. The van der Waals surface area contributed by atoms with Crippen LogP contribution in [0.2, 0.25) is 0 Å². The minimum absolute atomic E-state index is 0.0432. The van der Waals surface area contributed by atoms with Gasteiger partial charge >= 0.3 is 5.97 Å². The molecule has 0 aliphatic carbocycles. The molecule has 0 bridgehead atoms. The van der Waals surface area contributed by atoms with Crippen LogP contribution in [-0.4, -0.2) is 42.0 Å². The first-order valence-corrected chi connectivity index (χ1v) is 11.7. The number of ether oxygens (including phenoxy) is 2. The predicted octanol–water partition coefficient (Wildman–Crippen LogP) is 3.94. The number of methoxy groups -OCH3 is 1. The maximum absolute atomic E-state index is 11.9. The van der Waals surface area contributed by atoms with Crippen LogP contribution in [0.5, 0.6) is 11.5 Å². The number of carbonyl (C=O) groups is 2. The number of nitrogens with zero attached hydrogens (tertiary/aromatic N) is 3. The lowest BCUT2D eigenvalue weighted by Crippen LogP contribution is -2.34. The van der Waals surface area contributed by atoms with Crippen LogP contribution in [0.1, 0.15) is 41.8 Å². The van der Waals surface area contributed by atoms with E-state index in [1.807, 2.05) is 12.1 Å². The SMILES string of the molecule is COc1ccc(-c2ccc(N3CCC(Cc4nc(C)c(OC(C)=O)c(C(N)=O)n4)CC3)cc2)cc1. The number of carbonyl (C=O) groups excluding carboxylic acids is 2. The van der Waals surface area contributed by atoms with Gasteiger partial charge in [0.1, 0.15) is 11.6 Å². The van der Waals surface area contributed by atoms with Crippen LogP contribution in [0, 0.1) is 12.8 Å². The van der Waals surface area contributed by atoms with Crippen molar-refractivity contribution in [1.29, 1.82) is 0 Å². The van der Waals surface area contributed by atoms with Crippen LogP contribution in [0.4, 0.5) is 5.69 Å². The summed E-state index contributed by atoms with van der Waals surface area (Å²) in [5, 5.41) is 0. The van der Waals surface area contributed by atoms with Crippen LogP contribution in [-0.2, 0) is 11.2 Å². The van der Waals surface area contributed by atoms with Gasteiger partial charge in [0.05, 0.1) is 12.8 Å². The molecule has 8 heteroatoms. The van der Waals surface area contributed by atoms with Gasteiger partial charge in [0.25, 0.3) is 5.91 Å². The minimum Gasteiger partial charge on any atom is -0.497 e. The molecule has 1 aromatic heterocycles. The molecule has 2 aromatic carbocycles. The van der Waals surface area contributed by atoms with Crippen molar-refractivity contribution in [3.8, 4) is 22.6 Å². The molecule has 4 rings (SSSR count). The summed E-state index contributed by atoms with van der Waals surface area (Å²) in [6, 6.07) is 16.7. The van der Waals surface area contributed by atoms with E-state index in [0.29, 0.717) is 23.9 Å². The first-order chi connectivity index (χ1) is 16.8. The Balaban J connectivity index is 1.38. The topological polar surface area (TPSA) is 108 Å². The van der Waals surface area contributed by atoms with E-state index in [9.17, 15) is 9.59 Å². The van der Waals surface area contributed by atoms with Gasteiger partial charge in [-0.05, 0) is 61.1 Å². The Hall–Kier alpha value is -3.94. The zero-order chi connectivity index (χ0) is 24.9. The van der Waals surface area contributed by atoms with Crippen LogP contribution in [0.3, 0.4) is 0 Å². The summed E-state index contributed by atoms with van der Waals surface area (Å²) in [6.07, 6.45) is 2.62. The lowest BCUT2D eigenvalue weighted by molar-refractivity contribution is -0.132. The second-order valence-electron chi connectivity index (χ2n) is 8.77. The van der Waals surface area contributed by atoms with Crippen molar-refractivity contribution in [2.24, 2.45) is 11.7 Å². The van der Waals surface area contributed by atoms with Gasteiger partial charge in [-0.25, -0.2) is 9.97 Å². The average Bonchev–Trinajstić information content (AvgIpc) is 2.86. The Morgan fingerprint density at radius 1 is 1.00 bits per heavy atom. The van der Waals surface area contributed by atoms with Crippen LogP contribution in [0.25, 0.3) is 11.1 Å². The van der Waals surface area contributed by atoms with Gasteiger partial charge < -0.3 is 20.1 Å². The van der Waals surface area contributed by atoms with Gasteiger partial charge in [0, 0.05) is 32.1 Å². The Morgan fingerprint density at radius 2 is 1.60 bits per heavy atom. The Bertz CT molecular complexity index is 1200. The zero-order valence-electron chi connectivity index (χ0n) is 20.3. The van der Waals surface area contributed by atoms with Gasteiger partial charge in [0.15, 0.2) is 11.4 Å². The van der Waals surface area contributed by atoms with Crippen LogP contribution in [0.15, 0.2) is 48.5 Å². The van der Waals surface area contributed by atoms with Crippen molar-refractivity contribution in [3.63, 3.8) is 0 Å². The molecule has 1 fully saturated rings. The lowest BCUT2D eigenvalue weighted by atomic mass is 9.92. The highest BCUT2D eigenvalue weighted by atomic mass is 16.5. The van der Waals surface area contributed by atoms with Crippen molar-refractivity contribution >= 4 is 17.6 Å². The van der Waals surface area contributed by atoms with E-state index in [1.54, 1.807) is 14.0 Å². The van der Waals surface area contributed by atoms with Crippen molar-refractivity contribution in [2.75, 3.05) is 25.1 Å². The van der Waals surface area contributed by atoms with Gasteiger partial charge in [-0.3, -0.25) is 9.59 Å². The average molecular weight is 475 g/mol. The summed E-state index contributed by atoms with van der Waals surface area (Å²) >= 11 is 0. The Morgan fingerprint density at radius 3 is 2.14 bits per heavy atom. The number of benzene rings is 2. The summed E-state index contributed by atoms with van der Waals surface area (Å²) in [5.41, 5.74) is 9.39. The van der Waals surface area contributed by atoms with E-state index in [1.165, 1.54) is 18.2 Å². The number of aryl methyl sites for hydroxylation is 1. The number of anilines is 1. The first-order valence-electron chi connectivity index (χ1n) is 11.7. The summed E-state index contributed by atoms with van der Waals surface area (Å²) in [4.78, 5) is 34.4. The monoisotopic (exact) mass is 474 g/mol. The molecule has 0 radical (unpaired) electrons. The summed E-state index contributed by atoms with van der Waals surface area (Å²) in [6.45, 7) is 4.81. The molecule has 8 nitrogen and oxygen atoms in total. The number of hydrogen-bond donors (Lipinski definition) is 1. The van der Waals surface area contributed by atoms with Gasteiger partial charge in [-0.2, -0.15) is 0 Å². The van der Waals surface area contributed by atoms with Crippen LogP contribution >= 0.6 is 0 Å². The molecule has 0 saturated carbocycles. The Kier molecular flexibility index (Phi) is 7.29. The third-order valence-corrected chi connectivity index (χ3v) is 6.30. The molecule has 2 heterocycles. The molecular formula is C27H30N4O4. The van der Waals surface area contributed by atoms with Gasteiger partial charge in [-0.15, -0.1) is 0 Å². The predicted molar refractivity (Wildman–Crippen MR) is 134 cm³/mol. The largest absolute Gasteiger partial charge is 0.497 e. The highest BCUT2D eigenvalue weighted by molar-refractivity contribution is 5.94. The second-order valence-corrected chi connectivity index (χ2v) is 8.77. The highest BCUT2D eigenvalue weighted by Crippen LogP contribution is 2.29. The van der Waals surface area contributed by atoms with Crippen LogP contribution < -0.4 is 20.1 Å². The summed E-state index contributed by atoms with van der Waals surface area (Å²) < 4.78 is 10.4. The van der Waals surface area contributed by atoms with Crippen molar-refractivity contribution < 1.29 is 19.1 Å². The van der Waals surface area contributed by atoms with E-state index in [-0.39, 0.29) is 11.4 Å². The standard InChI is InChI=1S/C27H30N4O4/c1-17-26(35-18(2)32)25(27(28)33)30-24(29-17)16-19-12-14-31(15-13-19)22-8-4-20(5-9-22)21-6-10-23(34-3)11-7-21/h4-11,19H,12-16H2,1-3H3,(H2,28,33). The lowest BCUT2D eigenvalue weighted by Gasteiger charge is -2.33. The number of primary amides is 1. The molecule has 35 heavy (non-hydrogen) atoms. The zero-order valence-corrected chi connectivity index (χ0v) is 20.3. The normalized spacial score (nSPS) is 14.0. The molecule has 2 N–H and O–H groups in total. The maximum Gasteiger partial charge on any atom is 0.308 e. The third-order valence-electron chi connectivity index (χ3n) is 6.30. The fraction of sp³-hybridized carbons (Fsp3) is 0.333. The van der Waals surface area contributed by atoms with Crippen molar-refractivity contribution in [1.82, 2.24) is 9.97 Å². The first kappa shape index (κ1) is 24.2. The molecule has 182 valence electrons. The minimum atomic E-state index is -0.735. The number of nitrogens with two attached hydrogens (primary N) is 1. The molecule has 0 spiro atoms. The fourth-order valence-corrected chi connectivity index (χ4v) is 4.45. The number of hydrogen-bond acceptors (Lipinski definition) is 7. The van der Waals surface area contributed by atoms with Gasteiger partial charge in [-0.1, -0.05) is 24.3 Å². The van der Waals surface area contributed by atoms with E-state index in [2.05, 4.69) is 51.3 Å². The van der Waals surface area contributed by atoms with E-state index < -0.39 is 11.9 Å². The van der Waals surface area contributed by atoms with Crippen molar-refractivity contribution in [3.05, 3.63) is 65.7 Å². The molecule has 0 unspecified atom stereocenters. The Labute approximate surface area is 205 Å². The quantitative estimate of drug-likeness (QED) is 0.517. The number of esters is 1. The van der Waals surface area contributed by atoms with Gasteiger partial charge in [0.2, 0.25) is 0 Å². The molecule has 1 aliphatic heterocycles. The fourth-order valence-electron chi connectivity index (χ4n) is 4.45. The van der Waals surface area contributed by atoms with E-state index in [0.717, 1.165) is 37.2 Å². The molecule has 3 aromatic rings. The maximum atomic E-state index is 11.9. The summed E-state index contributed by atoms with van der Waals surface area (Å²) in [5.74, 6) is 0.554. The smallest absolute Gasteiger partial charge is 0.308 e. The highest BCUT2D eigenvalue weighted by Gasteiger charge is 2.24. The molecule has 1 amide bonds. The third kappa shape index (κ3) is 5.77. The molecule has 0 atom stereocenters.